The summed E-state index contributed by atoms with van der Waals surface area (Å²) in [5.74, 6) is 0. The average molecular weight is 227 g/mol. The monoisotopic (exact) mass is 226 g/mol. The van der Waals surface area contributed by atoms with Gasteiger partial charge in [-0.05, 0) is 24.6 Å². The van der Waals surface area contributed by atoms with Crippen molar-refractivity contribution in [3.05, 3.63) is 17.0 Å². The molecule has 1 rings (SSSR count). The molecule has 1 heterocycles. The molecule has 0 bridgehead atoms. The van der Waals surface area contributed by atoms with Gasteiger partial charge in [0.15, 0.2) is 5.03 Å². The van der Waals surface area contributed by atoms with E-state index >= 15 is 0 Å². The van der Waals surface area contributed by atoms with Crippen LogP contribution in [0.4, 0.5) is 0 Å². The van der Waals surface area contributed by atoms with Crippen LogP contribution in [0.15, 0.2) is 11.1 Å². The largest absolute Gasteiger partial charge is 0.278 e. The number of halogens is 2. The normalized spacial score (nSPS) is 11.6. The van der Waals surface area contributed by atoms with Gasteiger partial charge >= 0.3 is 0 Å². The van der Waals surface area contributed by atoms with Gasteiger partial charge in [0.2, 0.25) is 5.28 Å². The highest BCUT2D eigenvalue weighted by Gasteiger charge is 2.13. The van der Waals surface area contributed by atoms with Gasteiger partial charge in [-0.1, -0.05) is 0 Å². The average Bonchev–Trinajstić information content (AvgIpc) is 1.82. The molecule has 1 aromatic rings. The zero-order valence-electron chi connectivity index (χ0n) is 5.95. The molecule has 0 atom stereocenters. The Morgan fingerprint density at radius 3 is 2.42 bits per heavy atom. The molecule has 66 valence electrons. The van der Waals surface area contributed by atoms with Crippen molar-refractivity contribution in [3.63, 3.8) is 0 Å². The maximum atomic E-state index is 10.8. The van der Waals surface area contributed by atoms with E-state index in [1.165, 1.54) is 6.07 Å². The minimum Gasteiger partial charge on any atom is -0.223 e. The first kappa shape index (κ1) is 9.70. The van der Waals surface area contributed by atoms with E-state index in [1.54, 1.807) is 6.92 Å². The van der Waals surface area contributed by atoms with Crippen molar-refractivity contribution in [1.82, 2.24) is 9.97 Å². The zero-order chi connectivity index (χ0) is 9.35. The Bertz CT molecular complexity index is 384. The van der Waals surface area contributed by atoms with E-state index < -0.39 is 9.05 Å². The Morgan fingerprint density at radius 2 is 2.00 bits per heavy atom. The van der Waals surface area contributed by atoms with Gasteiger partial charge in [0.05, 0.1) is 0 Å². The van der Waals surface area contributed by atoms with Crippen LogP contribution in [0.25, 0.3) is 0 Å². The first-order valence-electron chi connectivity index (χ1n) is 2.85. The molecular weight excluding hydrogens is 223 g/mol. The van der Waals surface area contributed by atoms with Crippen LogP contribution in [0.5, 0.6) is 0 Å². The van der Waals surface area contributed by atoms with Crippen LogP contribution >= 0.6 is 22.3 Å². The molecule has 0 radical (unpaired) electrons. The Morgan fingerprint density at radius 1 is 1.42 bits per heavy atom. The van der Waals surface area contributed by atoms with E-state index in [1.807, 2.05) is 0 Å². The molecule has 0 aliphatic carbocycles. The second kappa shape index (κ2) is 3.16. The Kier molecular flexibility index (Phi) is 2.55. The lowest BCUT2D eigenvalue weighted by Gasteiger charge is -1.96. The lowest BCUT2D eigenvalue weighted by Crippen LogP contribution is -1.98. The fourth-order valence-corrected chi connectivity index (χ4v) is 1.65. The van der Waals surface area contributed by atoms with Gasteiger partial charge in [-0.15, -0.1) is 0 Å². The van der Waals surface area contributed by atoms with Crippen molar-refractivity contribution < 1.29 is 8.42 Å². The second-order valence-corrected chi connectivity index (χ2v) is 4.91. The van der Waals surface area contributed by atoms with E-state index in [0.717, 1.165) is 0 Å². The lowest BCUT2D eigenvalue weighted by atomic mass is 10.5. The number of nitrogens with zero attached hydrogens (tertiary/aromatic N) is 2. The topological polar surface area (TPSA) is 59.9 Å². The molecule has 7 heteroatoms. The van der Waals surface area contributed by atoms with Gasteiger partial charge in [0.25, 0.3) is 9.05 Å². The first-order chi connectivity index (χ1) is 5.39. The van der Waals surface area contributed by atoms with Crippen molar-refractivity contribution in [2.45, 2.75) is 11.9 Å². The van der Waals surface area contributed by atoms with Crippen molar-refractivity contribution in [1.29, 1.82) is 0 Å². The highest BCUT2D eigenvalue weighted by Crippen LogP contribution is 2.14. The predicted octanol–water partition coefficient (Wildman–Crippen LogP) is 1.37. The van der Waals surface area contributed by atoms with Gasteiger partial charge in [0, 0.05) is 16.4 Å². The fourth-order valence-electron chi connectivity index (χ4n) is 0.630. The van der Waals surface area contributed by atoms with Gasteiger partial charge in [-0.2, -0.15) is 0 Å². The number of aryl methyl sites for hydroxylation is 1. The van der Waals surface area contributed by atoms with Gasteiger partial charge in [0.1, 0.15) is 0 Å². The molecule has 0 unspecified atom stereocenters. The smallest absolute Gasteiger partial charge is 0.223 e. The highest BCUT2D eigenvalue weighted by atomic mass is 35.7. The van der Waals surface area contributed by atoms with Crippen LogP contribution < -0.4 is 0 Å². The summed E-state index contributed by atoms with van der Waals surface area (Å²) < 4.78 is 21.5. The quantitative estimate of drug-likeness (QED) is 0.413. The molecule has 0 aliphatic rings. The maximum absolute atomic E-state index is 10.8. The van der Waals surface area contributed by atoms with Gasteiger partial charge in [-0.25, -0.2) is 18.4 Å². The van der Waals surface area contributed by atoms with Crippen molar-refractivity contribution in [2.75, 3.05) is 0 Å². The Hall–Kier alpha value is -0.390. The van der Waals surface area contributed by atoms with E-state index in [-0.39, 0.29) is 10.3 Å². The van der Waals surface area contributed by atoms with Crippen LogP contribution in [0.1, 0.15) is 5.69 Å². The number of aromatic nitrogens is 2. The van der Waals surface area contributed by atoms with Crippen LogP contribution in [-0.4, -0.2) is 18.4 Å². The molecule has 0 fully saturated rings. The van der Waals surface area contributed by atoms with Crippen molar-refractivity contribution in [2.24, 2.45) is 0 Å². The number of hydrogen-bond acceptors (Lipinski definition) is 4. The Labute approximate surface area is 79.0 Å². The Balaban J connectivity index is 3.37. The summed E-state index contributed by atoms with van der Waals surface area (Å²) in [6, 6.07) is 1.24. The van der Waals surface area contributed by atoms with Crippen molar-refractivity contribution >= 4 is 31.3 Å². The number of hydrogen-bond donors (Lipinski definition) is 0. The summed E-state index contributed by atoms with van der Waals surface area (Å²) >= 11 is 5.41. The third kappa shape index (κ3) is 2.30. The zero-order valence-corrected chi connectivity index (χ0v) is 8.28. The van der Waals surface area contributed by atoms with Gasteiger partial charge < -0.3 is 0 Å². The maximum Gasteiger partial charge on any atom is 0.278 e. The lowest BCUT2D eigenvalue weighted by molar-refractivity contribution is 0.605. The predicted molar refractivity (Wildman–Crippen MR) is 44.8 cm³/mol. The van der Waals surface area contributed by atoms with E-state index in [2.05, 4.69) is 9.97 Å². The SMILES string of the molecule is Cc1cc(S(=O)(=O)Cl)nc(Cl)n1. The summed E-state index contributed by atoms with van der Waals surface area (Å²) in [5, 5.41) is -0.407. The fraction of sp³-hybridized carbons (Fsp3) is 0.200. The standard InChI is InChI=1S/C5H4Cl2N2O2S/c1-3-2-4(12(7,10)11)9-5(6)8-3/h2H,1H3. The molecule has 0 aromatic carbocycles. The molecule has 4 nitrogen and oxygen atoms in total. The summed E-state index contributed by atoms with van der Waals surface area (Å²) in [5.41, 5.74) is 0.453. The molecule has 0 saturated carbocycles. The number of rotatable bonds is 1. The van der Waals surface area contributed by atoms with Crippen LogP contribution in [0.2, 0.25) is 5.28 Å². The summed E-state index contributed by atoms with van der Waals surface area (Å²) in [6.07, 6.45) is 0. The third-order valence-corrected chi connectivity index (χ3v) is 2.41. The molecule has 0 spiro atoms. The van der Waals surface area contributed by atoms with Crippen LogP contribution in [0.3, 0.4) is 0 Å². The van der Waals surface area contributed by atoms with Crippen LogP contribution in [0, 0.1) is 6.92 Å². The minimum absolute atomic E-state index is 0.130. The summed E-state index contributed by atoms with van der Waals surface area (Å²) in [6.45, 7) is 1.60. The molecule has 0 amide bonds. The molecule has 12 heavy (non-hydrogen) atoms. The third-order valence-electron chi connectivity index (χ3n) is 1.05. The molecule has 1 aromatic heterocycles. The molecule has 0 aliphatic heterocycles. The van der Waals surface area contributed by atoms with E-state index in [4.69, 9.17) is 22.3 Å². The van der Waals surface area contributed by atoms with Crippen molar-refractivity contribution in [3.8, 4) is 0 Å². The summed E-state index contributed by atoms with van der Waals surface area (Å²) in [4.78, 5) is 7.12. The van der Waals surface area contributed by atoms with Gasteiger partial charge in [-0.3, -0.25) is 0 Å². The molecule has 0 saturated heterocycles. The summed E-state index contributed by atoms with van der Waals surface area (Å²) in [7, 11) is 1.21. The minimum atomic E-state index is -3.81. The molecule has 0 N–H and O–H groups in total. The second-order valence-electron chi connectivity index (χ2n) is 2.05. The van der Waals surface area contributed by atoms with E-state index in [9.17, 15) is 8.42 Å². The molecular formula is C5H4Cl2N2O2S. The highest BCUT2D eigenvalue weighted by molar-refractivity contribution is 8.13. The van der Waals surface area contributed by atoms with Crippen LogP contribution in [-0.2, 0) is 9.05 Å². The van der Waals surface area contributed by atoms with E-state index in [0.29, 0.717) is 5.69 Å². The first-order valence-corrected chi connectivity index (χ1v) is 5.54.